The average Bonchev–Trinajstić information content (AvgIpc) is 2.42. The van der Waals surface area contributed by atoms with Crippen LogP contribution < -0.4 is 0 Å². The van der Waals surface area contributed by atoms with Gasteiger partial charge in [-0.2, -0.15) is 0 Å². The van der Waals surface area contributed by atoms with Gasteiger partial charge < -0.3 is 0 Å². The molecule has 0 aromatic carbocycles. The van der Waals surface area contributed by atoms with Crippen LogP contribution in [0.3, 0.4) is 0 Å². The molecule has 0 aromatic heterocycles. The first kappa shape index (κ1) is 12.3. The first-order valence-electron chi connectivity index (χ1n) is 9.40. The molecule has 3 saturated heterocycles. The third-order valence-corrected chi connectivity index (χ3v) is 8.53. The number of hydroxylamine groups is 1. The lowest BCUT2D eigenvalue weighted by Gasteiger charge is -2.72. The van der Waals surface area contributed by atoms with Gasteiger partial charge in [0.25, 0.3) is 0 Å². The van der Waals surface area contributed by atoms with E-state index < -0.39 is 0 Å². The monoisotopic (exact) mass is 288 g/mol. The van der Waals surface area contributed by atoms with Gasteiger partial charge in [0.15, 0.2) is 0 Å². The SMILES string of the molecule is ON1N2CC3CC(C2)CC1(C12CC4CC(CC(C4)C1)C2)C3. The summed E-state index contributed by atoms with van der Waals surface area (Å²) in [6.45, 7) is 2.25. The first-order chi connectivity index (χ1) is 10.2. The van der Waals surface area contributed by atoms with Crippen molar-refractivity contribution in [1.82, 2.24) is 10.2 Å². The van der Waals surface area contributed by atoms with Crippen molar-refractivity contribution in [2.24, 2.45) is 35.0 Å². The molecule has 2 atom stereocenters. The molecule has 0 aromatic rings. The molecule has 21 heavy (non-hydrogen) atoms. The Bertz CT molecular complexity index is 440. The van der Waals surface area contributed by atoms with Crippen LogP contribution in [0.25, 0.3) is 0 Å². The number of piperidine rings is 1. The van der Waals surface area contributed by atoms with E-state index >= 15 is 0 Å². The van der Waals surface area contributed by atoms with E-state index in [9.17, 15) is 5.21 Å². The van der Waals surface area contributed by atoms with Crippen molar-refractivity contribution in [1.29, 1.82) is 0 Å². The summed E-state index contributed by atoms with van der Waals surface area (Å²) in [5, 5.41) is 15.2. The van der Waals surface area contributed by atoms with Gasteiger partial charge in [-0.1, -0.05) is 0 Å². The smallest absolute Gasteiger partial charge is 0.0684 e. The standard InChI is InChI=1S/C18H28N2O/c21-20-18(8-15-4-16(9-18)11-19(20)10-15)17-5-12-1-13(6-17)3-14(2-12)7-17/h12-16,21H,1-11H2. The summed E-state index contributed by atoms with van der Waals surface area (Å²) in [4.78, 5) is 0. The highest BCUT2D eigenvalue weighted by Crippen LogP contribution is 2.69. The molecule has 3 heterocycles. The topological polar surface area (TPSA) is 26.7 Å². The molecule has 5 aliphatic carbocycles. The number of hydrazine groups is 1. The molecule has 2 unspecified atom stereocenters. The Labute approximate surface area is 127 Å². The highest BCUT2D eigenvalue weighted by molar-refractivity contribution is 5.17. The van der Waals surface area contributed by atoms with Crippen LogP contribution in [0.1, 0.15) is 57.8 Å². The van der Waals surface area contributed by atoms with Crippen molar-refractivity contribution < 1.29 is 5.21 Å². The highest BCUT2D eigenvalue weighted by Gasteiger charge is 2.68. The molecule has 3 aliphatic heterocycles. The maximum Gasteiger partial charge on any atom is 0.0684 e. The van der Waals surface area contributed by atoms with Crippen molar-refractivity contribution >= 4 is 0 Å². The maximum atomic E-state index is 11.1. The lowest BCUT2D eigenvalue weighted by molar-refractivity contribution is -0.404. The minimum Gasteiger partial charge on any atom is -0.298 e. The second-order valence-electron chi connectivity index (χ2n) is 9.77. The molecule has 8 bridgehead atoms. The molecular formula is C18H28N2O. The predicted molar refractivity (Wildman–Crippen MR) is 79.4 cm³/mol. The summed E-state index contributed by atoms with van der Waals surface area (Å²) in [5.41, 5.74) is 0.597. The quantitative estimate of drug-likeness (QED) is 0.802. The van der Waals surface area contributed by atoms with Gasteiger partial charge in [-0.05, 0) is 92.8 Å². The molecule has 0 radical (unpaired) electrons. The number of hydrogen-bond donors (Lipinski definition) is 1. The Morgan fingerprint density at radius 1 is 0.667 bits per heavy atom. The molecule has 3 nitrogen and oxygen atoms in total. The van der Waals surface area contributed by atoms with Crippen molar-refractivity contribution in [2.75, 3.05) is 13.1 Å². The maximum absolute atomic E-state index is 11.1. The Hall–Kier alpha value is -0.120. The summed E-state index contributed by atoms with van der Waals surface area (Å²) >= 11 is 0. The Balaban J connectivity index is 1.47. The van der Waals surface area contributed by atoms with Gasteiger partial charge in [0.1, 0.15) is 0 Å². The van der Waals surface area contributed by atoms with Crippen LogP contribution in [0.2, 0.25) is 0 Å². The number of hydrogen-bond acceptors (Lipinski definition) is 3. The summed E-state index contributed by atoms with van der Waals surface area (Å²) < 4.78 is 0. The molecule has 8 aliphatic rings. The normalized spacial score (nSPS) is 64.4. The number of rotatable bonds is 1. The lowest BCUT2D eigenvalue weighted by atomic mass is 9.41. The zero-order valence-corrected chi connectivity index (χ0v) is 13.0. The molecule has 5 saturated carbocycles. The second-order valence-corrected chi connectivity index (χ2v) is 9.77. The fourth-order valence-electron chi connectivity index (χ4n) is 8.54. The van der Waals surface area contributed by atoms with E-state index in [0.717, 1.165) is 42.7 Å². The largest absolute Gasteiger partial charge is 0.298 e. The first-order valence-corrected chi connectivity index (χ1v) is 9.40. The van der Waals surface area contributed by atoms with Crippen LogP contribution in [0.15, 0.2) is 0 Å². The third-order valence-electron chi connectivity index (χ3n) is 8.53. The minimum absolute atomic E-state index is 0.132. The van der Waals surface area contributed by atoms with Crippen molar-refractivity contribution in [2.45, 2.75) is 63.3 Å². The molecule has 3 heteroatoms. The van der Waals surface area contributed by atoms with E-state index in [4.69, 9.17) is 0 Å². The van der Waals surface area contributed by atoms with Crippen LogP contribution in [0, 0.1) is 35.0 Å². The Morgan fingerprint density at radius 3 is 1.67 bits per heavy atom. The summed E-state index contributed by atoms with van der Waals surface area (Å²) in [5.74, 6) is 4.72. The highest BCUT2D eigenvalue weighted by atomic mass is 16.6. The van der Waals surface area contributed by atoms with E-state index in [1.807, 2.05) is 5.17 Å². The fraction of sp³-hybridized carbons (Fsp3) is 1.00. The van der Waals surface area contributed by atoms with E-state index in [-0.39, 0.29) is 5.54 Å². The predicted octanol–water partition coefficient (Wildman–Crippen LogP) is 3.29. The molecular weight excluding hydrogens is 260 g/mol. The third kappa shape index (κ3) is 1.38. The van der Waals surface area contributed by atoms with E-state index in [1.165, 1.54) is 57.8 Å². The Kier molecular flexibility index (Phi) is 2.16. The Morgan fingerprint density at radius 2 is 1.14 bits per heavy atom. The molecule has 8 fully saturated rings. The average molecular weight is 288 g/mol. The van der Waals surface area contributed by atoms with Gasteiger partial charge in [-0.3, -0.25) is 5.21 Å². The molecule has 1 N–H and O–H groups in total. The van der Waals surface area contributed by atoms with E-state index in [2.05, 4.69) is 5.01 Å². The van der Waals surface area contributed by atoms with Crippen molar-refractivity contribution in [3.05, 3.63) is 0 Å². The van der Waals surface area contributed by atoms with Crippen LogP contribution in [-0.2, 0) is 0 Å². The van der Waals surface area contributed by atoms with Gasteiger partial charge in [0.05, 0.1) is 5.54 Å². The van der Waals surface area contributed by atoms with Gasteiger partial charge >= 0.3 is 0 Å². The van der Waals surface area contributed by atoms with Crippen LogP contribution in [-0.4, -0.2) is 34.0 Å². The molecule has 0 amide bonds. The lowest BCUT2D eigenvalue weighted by Crippen LogP contribution is -2.77. The van der Waals surface area contributed by atoms with Gasteiger partial charge in [-0.15, -0.1) is 5.17 Å². The summed E-state index contributed by atoms with van der Waals surface area (Å²) in [7, 11) is 0. The fourth-order valence-corrected chi connectivity index (χ4v) is 8.54. The van der Waals surface area contributed by atoms with Crippen LogP contribution in [0.5, 0.6) is 0 Å². The zero-order chi connectivity index (χ0) is 13.8. The minimum atomic E-state index is 0.132. The molecule has 116 valence electrons. The molecule has 8 rings (SSSR count). The number of nitrogens with zero attached hydrogens (tertiary/aromatic N) is 2. The zero-order valence-electron chi connectivity index (χ0n) is 13.0. The van der Waals surface area contributed by atoms with E-state index in [0.29, 0.717) is 5.41 Å². The summed E-state index contributed by atoms with van der Waals surface area (Å²) in [6, 6.07) is 0. The van der Waals surface area contributed by atoms with Gasteiger partial charge in [0.2, 0.25) is 0 Å². The van der Waals surface area contributed by atoms with Crippen molar-refractivity contribution in [3.8, 4) is 0 Å². The van der Waals surface area contributed by atoms with E-state index in [1.54, 1.807) is 0 Å². The van der Waals surface area contributed by atoms with Gasteiger partial charge in [-0.25, -0.2) is 5.01 Å². The van der Waals surface area contributed by atoms with Gasteiger partial charge in [0, 0.05) is 13.1 Å². The van der Waals surface area contributed by atoms with Crippen molar-refractivity contribution in [3.63, 3.8) is 0 Å². The second kappa shape index (κ2) is 3.68. The molecule has 0 spiro atoms. The van der Waals surface area contributed by atoms with Crippen LogP contribution >= 0.6 is 0 Å². The summed E-state index contributed by atoms with van der Waals surface area (Å²) in [6.07, 6.45) is 12.9. The van der Waals surface area contributed by atoms with Crippen LogP contribution in [0.4, 0.5) is 0 Å².